The summed E-state index contributed by atoms with van der Waals surface area (Å²) in [6.07, 6.45) is 2.07. The smallest absolute Gasteiger partial charge is 0.282 e. The second-order valence-corrected chi connectivity index (χ2v) is 8.22. The van der Waals surface area contributed by atoms with Crippen LogP contribution >= 0.6 is 0 Å². The largest absolute Gasteiger partial charge is 0.378 e. The fourth-order valence-corrected chi connectivity index (χ4v) is 4.20. The zero-order chi connectivity index (χ0) is 24.1. The van der Waals surface area contributed by atoms with E-state index in [9.17, 15) is 24.5 Å². The van der Waals surface area contributed by atoms with Gasteiger partial charge in [-0.2, -0.15) is 0 Å². The van der Waals surface area contributed by atoms with Crippen molar-refractivity contribution in [2.75, 3.05) is 43.1 Å². The molecule has 2 aromatic carbocycles. The lowest BCUT2D eigenvalue weighted by atomic mass is 10.1. The average Bonchev–Trinajstić information content (AvgIpc) is 3.09. The van der Waals surface area contributed by atoms with Gasteiger partial charge in [0.25, 0.3) is 17.5 Å². The highest BCUT2D eigenvalue weighted by atomic mass is 16.6. The molecule has 2 aliphatic rings. The molecule has 1 N–H and O–H groups in total. The molecular formula is C24H26N4O6. The van der Waals surface area contributed by atoms with E-state index in [0.29, 0.717) is 38.9 Å². The SMILES string of the molecule is O=C(CCCCCN1C(=O)c2cccc([N+](=O)[O-])c2C1=O)Nc1ccc(N2CCOCC2)cc1. The van der Waals surface area contributed by atoms with Gasteiger partial charge in [-0.05, 0) is 43.2 Å². The molecule has 4 rings (SSSR count). The molecule has 2 heterocycles. The number of morpholine rings is 1. The number of hydrogen-bond donors (Lipinski definition) is 1. The molecule has 178 valence electrons. The van der Waals surface area contributed by atoms with Gasteiger partial charge < -0.3 is 15.0 Å². The first-order valence-corrected chi connectivity index (χ1v) is 11.3. The van der Waals surface area contributed by atoms with Crippen molar-refractivity contribution in [3.63, 3.8) is 0 Å². The number of hydrogen-bond acceptors (Lipinski definition) is 7. The first-order chi connectivity index (χ1) is 16.5. The van der Waals surface area contributed by atoms with Gasteiger partial charge in [-0.1, -0.05) is 12.5 Å². The van der Waals surface area contributed by atoms with Crippen molar-refractivity contribution in [1.29, 1.82) is 0 Å². The quantitative estimate of drug-likeness (QED) is 0.261. The number of nitro benzene ring substituents is 1. The Morgan fingerprint density at radius 1 is 1.00 bits per heavy atom. The topological polar surface area (TPSA) is 122 Å². The van der Waals surface area contributed by atoms with Crippen LogP contribution in [0.25, 0.3) is 0 Å². The maximum Gasteiger partial charge on any atom is 0.282 e. The van der Waals surface area contributed by atoms with E-state index in [4.69, 9.17) is 4.74 Å². The Morgan fingerprint density at radius 3 is 2.44 bits per heavy atom. The van der Waals surface area contributed by atoms with Crippen molar-refractivity contribution in [3.05, 3.63) is 63.7 Å². The van der Waals surface area contributed by atoms with Crippen LogP contribution in [0.1, 0.15) is 46.4 Å². The van der Waals surface area contributed by atoms with Gasteiger partial charge >= 0.3 is 0 Å². The summed E-state index contributed by atoms with van der Waals surface area (Å²) in [5.74, 6) is -1.25. The average molecular weight is 466 g/mol. The molecule has 34 heavy (non-hydrogen) atoms. The summed E-state index contributed by atoms with van der Waals surface area (Å²) in [5.41, 5.74) is 1.40. The van der Waals surface area contributed by atoms with Crippen LogP contribution < -0.4 is 10.2 Å². The molecule has 0 radical (unpaired) electrons. The van der Waals surface area contributed by atoms with Crippen molar-refractivity contribution >= 4 is 34.8 Å². The minimum atomic E-state index is -0.650. The van der Waals surface area contributed by atoms with Crippen LogP contribution in [0.15, 0.2) is 42.5 Å². The zero-order valence-corrected chi connectivity index (χ0v) is 18.7. The molecular weight excluding hydrogens is 440 g/mol. The Kier molecular flexibility index (Phi) is 7.17. The Morgan fingerprint density at radius 2 is 1.74 bits per heavy atom. The van der Waals surface area contributed by atoms with E-state index in [0.717, 1.165) is 29.4 Å². The minimum absolute atomic E-state index is 0.0678. The summed E-state index contributed by atoms with van der Waals surface area (Å²) in [5, 5.41) is 14.1. The van der Waals surface area contributed by atoms with E-state index in [-0.39, 0.29) is 29.3 Å². The Labute approximate surface area is 196 Å². The summed E-state index contributed by atoms with van der Waals surface area (Å²) >= 11 is 0. The molecule has 2 aliphatic heterocycles. The summed E-state index contributed by atoms with van der Waals surface area (Å²) < 4.78 is 5.36. The van der Waals surface area contributed by atoms with Crippen molar-refractivity contribution in [3.8, 4) is 0 Å². The fraction of sp³-hybridized carbons (Fsp3) is 0.375. The van der Waals surface area contributed by atoms with Gasteiger partial charge in [0.1, 0.15) is 5.56 Å². The van der Waals surface area contributed by atoms with E-state index >= 15 is 0 Å². The molecule has 2 aromatic rings. The van der Waals surface area contributed by atoms with E-state index in [2.05, 4.69) is 10.2 Å². The summed E-state index contributed by atoms with van der Waals surface area (Å²) in [6.45, 7) is 3.29. The number of rotatable bonds is 9. The lowest BCUT2D eigenvalue weighted by molar-refractivity contribution is -0.385. The standard InChI is InChI=1S/C24H26N4O6/c29-21(25-17-8-10-18(11-9-17)26-13-15-34-16-14-26)7-2-1-3-12-27-23(30)19-5-4-6-20(28(32)33)22(19)24(27)31/h4-6,8-11H,1-3,7,12-16H2,(H,25,29). The second kappa shape index (κ2) is 10.4. The van der Waals surface area contributed by atoms with Crippen LogP contribution in [-0.4, -0.2) is 60.4 Å². The van der Waals surface area contributed by atoms with Crippen LogP contribution in [0.2, 0.25) is 0 Å². The van der Waals surface area contributed by atoms with Crippen molar-refractivity contribution < 1.29 is 24.0 Å². The fourth-order valence-electron chi connectivity index (χ4n) is 4.20. The number of carbonyl (C=O) groups is 3. The van der Waals surface area contributed by atoms with E-state index < -0.39 is 16.7 Å². The van der Waals surface area contributed by atoms with Gasteiger partial charge in [-0.25, -0.2) is 0 Å². The predicted molar refractivity (Wildman–Crippen MR) is 125 cm³/mol. The number of ether oxygens (including phenoxy) is 1. The van der Waals surface area contributed by atoms with Crippen molar-refractivity contribution in [2.24, 2.45) is 0 Å². The third-order valence-electron chi connectivity index (χ3n) is 5.99. The highest BCUT2D eigenvalue weighted by Gasteiger charge is 2.40. The summed E-state index contributed by atoms with van der Waals surface area (Å²) in [6, 6.07) is 11.8. The molecule has 0 spiro atoms. The molecule has 0 atom stereocenters. The number of carbonyl (C=O) groups excluding carboxylic acids is 3. The van der Waals surface area contributed by atoms with Gasteiger partial charge in [-0.3, -0.25) is 29.4 Å². The predicted octanol–water partition coefficient (Wildman–Crippen LogP) is 3.23. The Bertz CT molecular complexity index is 1100. The normalized spacial score (nSPS) is 15.4. The van der Waals surface area contributed by atoms with Gasteiger partial charge in [0.05, 0.1) is 23.7 Å². The van der Waals surface area contributed by atoms with Crippen LogP contribution in [0, 0.1) is 10.1 Å². The minimum Gasteiger partial charge on any atom is -0.378 e. The molecule has 0 saturated carbocycles. The van der Waals surface area contributed by atoms with Crippen LogP contribution in [-0.2, 0) is 9.53 Å². The van der Waals surface area contributed by atoms with Crippen molar-refractivity contribution in [2.45, 2.75) is 25.7 Å². The molecule has 10 heteroatoms. The number of nitro groups is 1. The molecule has 1 saturated heterocycles. The van der Waals surface area contributed by atoms with Crippen molar-refractivity contribution in [1.82, 2.24) is 4.90 Å². The lowest BCUT2D eigenvalue weighted by Gasteiger charge is -2.28. The monoisotopic (exact) mass is 466 g/mol. The van der Waals surface area contributed by atoms with Gasteiger partial charge in [-0.15, -0.1) is 0 Å². The maximum atomic E-state index is 12.6. The number of nitrogens with zero attached hydrogens (tertiary/aromatic N) is 3. The zero-order valence-electron chi connectivity index (χ0n) is 18.7. The van der Waals surface area contributed by atoms with Crippen LogP contribution in [0.5, 0.6) is 0 Å². The number of anilines is 2. The first-order valence-electron chi connectivity index (χ1n) is 11.3. The van der Waals surface area contributed by atoms with E-state index in [1.165, 1.54) is 18.2 Å². The molecule has 10 nitrogen and oxygen atoms in total. The molecule has 0 aliphatic carbocycles. The summed E-state index contributed by atoms with van der Waals surface area (Å²) in [7, 11) is 0. The van der Waals surface area contributed by atoms with E-state index in [1.54, 1.807) is 0 Å². The third-order valence-corrected chi connectivity index (χ3v) is 5.99. The van der Waals surface area contributed by atoms with Gasteiger partial charge in [0.2, 0.25) is 5.91 Å². The molecule has 0 unspecified atom stereocenters. The number of fused-ring (bicyclic) bond motifs is 1. The highest BCUT2D eigenvalue weighted by molar-refractivity contribution is 6.23. The molecule has 0 aromatic heterocycles. The molecule has 0 bridgehead atoms. The number of unbranched alkanes of at least 4 members (excludes halogenated alkanes) is 2. The second-order valence-electron chi connectivity index (χ2n) is 8.22. The Hall–Kier alpha value is -3.79. The van der Waals surface area contributed by atoms with Crippen LogP contribution in [0.4, 0.5) is 17.1 Å². The Balaban J connectivity index is 1.19. The van der Waals surface area contributed by atoms with Crippen LogP contribution in [0.3, 0.4) is 0 Å². The molecule has 3 amide bonds. The number of nitrogens with one attached hydrogen (secondary N) is 1. The lowest BCUT2D eigenvalue weighted by Crippen LogP contribution is -2.36. The number of imide groups is 1. The summed E-state index contributed by atoms with van der Waals surface area (Å²) in [4.78, 5) is 51.1. The van der Waals surface area contributed by atoms with Gasteiger partial charge in [0, 0.05) is 43.5 Å². The van der Waals surface area contributed by atoms with E-state index in [1.807, 2.05) is 24.3 Å². The first kappa shape index (κ1) is 23.4. The third kappa shape index (κ3) is 5.07. The number of amides is 3. The highest BCUT2D eigenvalue weighted by Crippen LogP contribution is 2.31. The maximum absolute atomic E-state index is 12.6. The van der Waals surface area contributed by atoms with Gasteiger partial charge in [0.15, 0.2) is 0 Å². The number of benzene rings is 2. The molecule has 1 fully saturated rings.